The van der Waals surface area contributed by atoms with E-state index in [0.29, 0.717) is 37.6 Å². The Morgan fingerprint density at radius 2 is 1.66 bits per heavy atom. The van der Waals surface area contributed by atoms with Crippen molar-refractivity contribution in [3.63, 3.8) is 0 Å². The lowest BCUT2D eigenvalue weighted by molar-refractivity contribution is 0.171. The molecule has 7 heteroatoms. The number of hydrogen-bond donors (Lipinski definition) is 0. The fourth-order valence-corrected chi connectivity index (χ4v) is 5.66. The number of piperazine rings is 1. The molecule has 4 aromatic rings. The highest BCUT2D eigenvalue weighted by atomic mass is 32.2. The average molecular weight is 410 g/mol. The minimum atomic E-state index is -3.52. The number of fused-ring (bicyclic) bond motifs is 3. The van der Waals surface area contributed by atoms with Gasteiger partial charge in [-0.05, 0) is 36.4 Å². The molecule has 1 aliphatic heterocycles. The van der Waals surface area contributed by atoms with Crippen LogP contribution in [0.5, 0.6) is 0 Å². The molecule has 1 saturated heterocycles. The summed E-state index contributed by atoms with van der Waals surface area (Å²) >= 11 is 0. The van der Waals surface area contributed by atoms with Gasteiger partial charge in [-0.3, -0.25) is 4.90 Å². The zero-order valence-corrected chi connectivity index (χ0v) is 17.1. The molecule has 1 fully saturated rings. The second-order valence-corrected chi connectivity index (χ2v) is 9.45. The van der Waals surface area contributed by atoms with Gasteiger partial charge in [0.15, 0.2) is 0 Å². The molecular formula is C22H23N3O3S. The first-order valence-corrected chi connectivity index (χ1v) is 11.2. The first-order chi connectivity index (χ1) is 14.0. The molecule has 0 bridgehead atoms. The van der Waals surface area contributed by atoms with Crippen molar-refractivity contribution in [3.8, 4) is 0 Å². The van der Waals surface area contributed by atoms with Crippen LogP contribution in [0.15, 0.2) is 70.2 Å². The Hall–Kier alpha value is -2.61. The predicted molar refractivity (Wildman–Crippen MR) is 113 cm³/mol. The number of sulfonamides is 1. The molecule has 0 saturated carbocycles. The van der Waals surface area contributed by atoms with Gasteiger partial charge >= 0.3 is 0 Å². The Bertz CT molecular complexity index is 1270. The summed E-state index contributed by atoms with van der Waals surface area (Å²) in [5.41, 5.74) is 2.14. The van der Waals surface area contributed by atoms with Crippen LogP contribution in [0.1, 0.15) is 5.76 Å². The van der Waals surface area contributed by atoms with E-state index in [1.165, 1.54) is 0 Å². The third-order valence-electron chi connectivity index (χ3n) is 5.81. The normalized spacial score (nSPS) is 16.7. The monoisotopic (exact) mass is 409 g/mol. The number of nitrogens with zero attached hydrogens (tertiary/aromatic N) is 3. The Morgan fingerprint density at radius 1 is 0.897 bits per heavy atom. The summed E-state index contributed by atoms with van der Waals surface area (Å²) in [5.74, 6) is 0.905. The van der Waals surface area contributed by atoms with Gasteiger partial charge in [0.25, 0.3) is 0 Å². The highest BCUT2D eigenvalue weighted by molar-refractivity contribution is 7.89. The fraction of sp³-hybridized carbons (Fsp3) is 0.273. The highest BCUT2D eigenvalue weighted by Gasteiger charge is 2.29. The van der Waals surface area contributed by atoms with E-state index in [0.717, 1.165) is 27.6 Å². The number of rotatable bonds is 4. The van der Waals surface area contributed by atoms with Gasteiger partial charge in [-0.25, -0.2) is 8.42 Å². The quantitative estimate of drug-likeness (QED) is 0.518. The largest absolute Gasteiger partial charge is 0.468 e. The van der Waals surface area contributed by atoms with Crippen LogP contribution in [-0.4, -0.2) is 48.4 Å². The summed E-state index contributed by atoms with van der Waals surface area (Å²) in [6.07, 6.45) is 1.67. The van der Waals surface area contributed by atoms with Gasteiger partial charge in [-0.1, -0.05) is 18.2 Å². The van der Waals surface area contributed by atoms with Crippen molar-refractivity contribution in [1.29, 1.82) is 0 Å². The van der Waals surface area contributed by atoms with E-state index in [1.807, 2.05) is 49.5 Å². The summed E-state index contributed by atoms with van der Waals surface area (Å²) in [4.78, 5) is 2.58. The van der Waals surface area contributed by atoms with Crippen LogP contribution < -0.4 is 0 Å². The van der Waals surface area contributed by atoms with E-state index in [-0.39, 0.29) is 0 Å². The molecule has 6 nitrogen and oxygen atoms in total. The van der Waals surface area contributed by atoms with Gasteiger partial charge in [0.05, 0.1) is 17.7 Å². The van der Waals surface area contributed by atoms with E-state index in [1.54, 1.807) is 16.6 Å². The third kappa shape index (κ3) is 3.15. The third-order valence-corrected chi connectivity index (χ3v) is 7.71. The summed E-state index contributed by atoms with van der Waals surface area (Å²) in [7, 11) is -1.51. The average Bonchev–Trinajstić information content (AvgIpc) is 3.35. The number of para-hydroxylation sites is 1. The Morgan fingerprint density at radius 3 is 2.41 bits per heavy atom. The number of furan rings is 1. The number of hydrogen-bond acceptors (Lipinski definition) is 4. The topological polar surface area (TPSA) is 58.7 Å². The molecule has 2 aromatic heterocycles. The Balaban J connectivity index is 1.41. The smallest absolute Gasteiger partial charge is 0.243 e. The van der Waals surface area contributed by atoms with Crippen molar-refractivity contribution in [2.45, 2.75) is 11.4 Å². The highest BCUT2D eigenvalue weighted by Crippen LogP contribution is 2.31. The molecule has 0 N–H and O–H groups in total. The molecular weight excluding hydrogens is 386 g/mol. The maximum Gasteiger partial charge on any atom is 0.243 e. The van der Waals surface area contributed by atoms with E-state index in [4.69, 9.17) is 4.42 Å². The van der Waals surface area contributed by atoms with Crippen LogP contribution in [-0.2, 0) is 23.6 Å². The van der Waals surface area contributed by atoms with Gasteiger partial charge in [-0.2, -0.15) is 4.31 Å². The summed E-state index contributed by atoms with van der Waals surface area (Å²) < 4.78 is 35.7. The molecule has 0 spiro atoms. The molecule has 0 radical (unpaired) electrons. The fourth-order valence-electron chi connectivity index (χ4n) is 4.21. The van der Waals surface area contributed by atoms with Crippen molar-refractivity contribution in [1.82, 2.24) is 13.8 Å². The van der Waals surface area contributed by atoms with E-state index in [9.17, 15) is 8.42 Å². The van der Waals surface area contributed by atoms with Gasteiger partial charge in [0.2, 0.25) is 10.0 Å². The van der Waals surface area contributed by atoms with E-state index >= 15 is 0 Å². The lowest BCUT2D eigenvalue weighted by Gasteiger charge is -2.33. The van der Waals surface area contributed by atoms with Crippen LogP contribution in [0.4, 0.5) is 0 Å². The molecule has 2 aromatic carbocycles. The van der Waals surface area contributed by atoms with Crippen molar-refractivity contribution >= 4 is 31.8 Å². The molecule has 1 aliphatic rings. The molecule has 29 heavy (non-hydrogen) atoms. The zero-order chi connectivity index (χ0) is 20.0. The van der Waals surface area contributed by atoms with Crippen LogP contribution in [0.2, 0.25) is 0 Å². The van der Waals surface area contributed by atoms with Crippen molar-refractivity contribution < 1.29 is 12.8 Å². The van der Waals surface area contributed by atoms with Gasteiger partial charge in [0, 0.05) is 55.0 Å². The minimum Gasteiger partial charge on any atom is -0.468 e. The number of benzene rings is 2. The number of aryl methyl sites for hydroxylation is 1. The minimum absolute atomic E-state index is 0.362. The van der Waals surface area contributed by atoms with Gasteiger partial charge < -0.3 is 8.98 Å². The van der Waals surface area contributed by atoms with Gasteiger partial charge in [-0.15, -0.1) is 0 Å². The molecule has 0 amide bonds. The van der Waals surface area contributed by atoms with E-state index < -0.39 is 10.0 Å². The SMILES string of the molecule is Cn1c2ccccc2c2cc(S(=O)(=O)N3CCN(Cc4ccco4)CC3)ccc21. The van der Waals surface area contributed by atoms with Crippen LogP contribution >= 0.6 is 0 Å². The summed E-state index contributed by atoms with van der Waals surface area (Å²) in [5, 5.41) is 2.05. The molecule has 3 heterocycles. The van der Waals surface area contributed by atoms with Crippen LogP contribution in [0, 0.1) is 0 Å². The second-order valence-electron chi connectivity index (χ2n) is 7.51. The van der Waals surface area contributed by atoms with Crippen molar-refractivity contribution in [2.75, 3.05) is 26.2 Å². The van der Waals surface area contributed by atoms with Crippen LogP contribution in [0.25, 0.3) is 21.8 Å². The molecule has 150 valence electrons. The molecule has 0 atom stereocenters. The first-order valence-electron chi connectivity index (χ1n) is 9.76. The summed E-state index contributed by atoms with van der Waals surface area (Å²) in [6, 6.07) is 17.4. The van der Waals surface area contributed by atoms with Crippen molar-refractivity contribution in [2.24, 2.45) is 7.05 Å². The molecule has 0 aliphatic carbocycles. The lowest BCUT2D eigenvalue weighted by atomic mass is 10.1. The molecule has 0 unspecified atom stereocenters. The number of aromatic nitrogens is 1. The Labute approximate surface area is 170 Å². The predicted octanol–water partition coefficient (Wildman–Crippen LogP) is 3.43. The summed E-state index contributed by atoms with van der Waals surface area (Å²) in [6.45, 7) is 3.06. The standard InChI is InChI=1S/C22H23N3O3S/c1-23-21-7-3-2-6-19(21)20-15-18(8-9-22(20)23)29(26,27)25-12-10-24(11-13-25)16-17-5-4-14-28-17/h2-9,14-15H,10-13,16H2,1H3. The maximum absolute atomic E-state index is 13.3. The van der Waals surface area contributed by atoms with Crippen LogP contribution in [0.3, 0.4) is 0 Å². The van der Waals surface area contributed by atoms with E-state index in [2.05, 4.69) is 15.5 Å². The second kappa shape index (κ2) is 7.02. The molecule has 5 rings (SSSR count). The Kier molecular flexibility index (Phi) is 4.46. The van der Waals surface area contributed by atoms with Gasteiger partial charge in [0.1, 0.15) is 5.76 Å². The lowest BCUT2D eigenvalue weighted by Crippen LogP contribution is -2.48. The van der Waals surface area contributed by atoms with Crippen molar-refractivity contribution in [3.05, 3.63) is 66.6 Å². The maximum atomic E-state index is 13.3. The zero-order valence-electron chi connectivity index (χ0n) is 16.3. The first kappa shape index (κ1) is 18.4.